The molecule has 2 aromatic carbocycles. The van der Waals surface area contributed by atoms with Gasteiger partial charge in [-0.25, -0.2) is 0 Å². The van der Waals surface area contributed by atoms with Crippen LogP contribution in [0.1, 0.15) is 49.7 Å². The Labute approximate surface area is 148 Å². The maximum Gasteiger partial charge on any atom is 0.251 e. The first-order valence-electron chi connectivity index (χ1n) is 8.30. The lowest BCUT2D eigenvalue weighted by Gasteiger charge is -2.16. The van der Waals surface area contributed by atoms with E-state index in [1.807, 2.05) is 45.0 Å². The van der Waals surface area contributed by atoms with Crippen molar-refractivity contribution in [2.75, 3.05) is 5.32 Å². The van der Waals surface area contributed by atoms with E-state index >= 15 is 0 Å². The Bertz CT molecular complexity index is 722. The maximum atomic E-state index is 12.4. The number of carbonyl (C=O) groups is 2. The quantitative estimate of drug-likeness (QED) is 0.837. The fraction of sp³-hybridized carbons (Fsp3) is 0.300. The van der Waals surface area contributed by atoms with Crippen molar-refractivity contribution in [3.63, 3.8) is 0 Å². The third-order valence-electron chi connectivity index (χ3n) is 3.57. The van der Waals surface area contributed by atoms with E-state index in [-0.39, 0.29) is 24.0 Å². The molecular weight excluding hydrogens is 316 g/mol. The van der Waals surface area contributed by atoms with E-state index in [0.717, 1.165) is 11.3 Å². The molecule has 132 valence electrons. The van der Waals surface area contributed by atoms with Gasteiger partial charge in [-0.1, -0.05) is 12.1 Å². The van der Waals surface area contributed by atoms with Gasteiger partial charge in [0.25, 0.3) is 5.91 Å². The van der Waals surface area contributed by atoms with Crippen LogP contribution in [0, 0.1) is 0 Å². The maximum absolute atomic E-state index is 12.4. The SMILES string of the molecule is CC(=O)Nc1ccc(C(=O)NC(C)c2ccc(OC(C)C)cc2)cc1. The summed E-state index contributed by atoms with van der Waals surface area (Å²) in [5.41, 5.74) is 2.21. The van der Waals surface area contributed by atoms with Crippen LogP contribution in [0.25, 0.3) is 0 Å². The van der Waals surface area contributed by atoms with Crippen LogP contribution in [0.15, 0.2) is 48.5 Å². The minimum atomic E-state index is -0.163. The van der Waals surface area contributed by atoms with Crippen LogP contribution in [0.2, 0.25) is 0 Å². The van der Waals surface area contributed by atoms with Crippen LogP contribution in [-0.2, 0) is 4.79 Å². The Morgan fingerprint density at radius 2 is 1.52 bits per heavy atom. The summed E-state index contributed by atoms with van der Waals surface area (Å²) >= 11 is 0. The number of ether oxygens (including phenoxy) is 1. The third kappa shape index (κ3) is 5.64. The molecular formula is C20H24N2O3. The molecule has 0 fully saturated rings. The number of nitrogens with one attached hydrogen (secondary N) is 2. The Balaban J connectivity index is 1.98. The van der Waals surface area contributed by atoms with Crippen molar-refractivity contribution in [1.82, 2.24) is 5.32 Å². The highest BCUT2D eigenvalue weighted by Gasteiger charge is 2.12. The van der Waals surface area contributed by atoms with E-state index < -0.39 is 0 Å². The molecule has 2 rings (SSSR count). The highest BCUT2D eigenvalue weighted by atomic mass is 16.5. The molecule has 0 saturated carbocycles. The summed E-state index contributed by atoms with van der Waals surface area (Å²) in [6, 6.07) is 14.4. The molecule has 2 aromatic rings. The number of carbonyl (C=O) groups excluding carboxylic acids is 2. The summed E-state index contributed by atoms with van der Waals surface area (Å²) in [6.45, 7) is 7.34. The second kappa shape index (κ2) is 8.33. The van der Waals surface area contributed by atoms with Gasteiger partial charge in [-0.15, -0.1) is 0 Å². The Kier molecular flexibility index (Phi) is 6.17. The van der Waals surface area contributed by atoms with Crippen molar-refractivity contribution < 1.29 is 14.3 Å². The average Bonchev–Trinajstić information content (AvgIpc) is 2.55. The van der Waals surface area contributed by atoms with Crippen molar-refractivity contribution in [3.05, 3.63) is 59.7 Å². The molecule has 0 aliphatic carbocycles. The van der Waals surface area contributed by atoms with Gasteiger partial charge in [-0.3, -0.25) is 9.59 Å². The highest BCUT2D eigenvalue weighted by molar-refractivity contribution is 5.95. The summed E-state index contributed by atoms with van der Waals surface area (Å²) in [5.74, 6) is 0.505. The van der Waals surface area contributed by atoms with E-state index in [2.05, 4.69) is 10.6 Å². The second-order valence-electron chi connectivity index (χ2n) is 6.19. The van der Waals surface area contributed by atoms with E-state index in [1.165, 1.54) is 6.92 Å². The van der Waals surface area contributed by atoms with E-state index in [0.29, 0.717) is 11.3 Å². The van der Waals surface area contributed by atoms with Gasteiger partial charge >= 0.3 is 0 Å². The first-order valence-corrected chi connectivity index (χ1v) is 8.30. The van der Waals surface area contributed by atoms with Gasteiger partial charge in [-0.2, -0.15) is 0 Å². The molecule has 0 aliphatic rings. The minimum Gasteiger partial charge on any atom is -0.491 e. The van der Waals surface area contributed by atoms with E-state index in [4.69, 9.17) is 4.74 Å². The van der Waals surface area contributed by atoms with Gasteiger partial charge in [0.1, 0.15) is 5.75 Å². The standard InChI is InChI=1S/C20H24N2O3/c1-13(2)25-19-11-7-16(8-12-19)14(3)21-20(24)17-5-9-18(10-6-17)22-15(4)23/h5-14H,1-4H3,(H,21,24)(H,22,23). The zero-order valence-electron chi connectivity index (χ0n) is 15.0. The summed E-state index contributed by atoms with van der Waals surface area (Å²) in [7, 11) is 0. The predicted molar refractivity (Wildman–Crippen MR) is 98.8 cm³/mol. The van der Waals surface area contributed by atoms with Crippen LogP contribution < -0.4 is 15.4 Å². The van der Waals surface area contributed by atoms with Gasteiger partial charge in [0.05, 0.1) is 12.1 Å². The Morgan fingerprint density at radius 1 is 0.920 bits per heavy atom. The molecule has 0 aromatic heterocycles. The lowest BCUT2D eigenvalue weighted by atomic mass is 10.1. The normalized spacial score (nSPS) is 11.7. The monoisotopic (exact) mass is 340 g/mol. The summed E-state index contributed by atoms with van der Waals surface area (Å²) in [6.07, 6.45) is 0.128. The molecule has 5 nitrogen and oxygen atoms in total. The molecule has 0 aliphatic heterocycles. The summed E-state index contributed by atoms with van der Waals surface area (Å²) < 4.78 is 5.62. The number of rotatable bonds is 6. The van der Waals surface area contributed by atoms with Crippen LogP contribution in [0.5, 0.6) is 5.75 Å². The summed E-state index contributed by atoms with van der Waals surface area (Å²) in [4.78, 5) is 23.4. The van der Waals surface area contributed by atoms with Gasteiger partial charge in [-0.05, 0) is 62.7 Å². The largest absolute Gasteiger partial charge is 0.491 e. The van der Waals surface area contributed by atoms with Crippen molar-refractivity contribution in [1.29, 1.82) is 0 Å². The van der Waals surface area contributed by atoms with Crippen molar-refractivity contribution in [3.8, 4) is 5.75 Å². The predicted octanol–water partition coefficient (Wildman–Crippen LogP) is 3.92. The molecule has 25 heavy (non-hydrogen) atoms. The molecule has 2 N–H and O–H groups in total. The molecule has 0 bridgehead atoms. The first-order chi connectivity index (χ1) is 11.8. The van der Waals surface area contributed by atoms with Gasteiger partial charge in [0, 0.05) is 18.2 Å². The molecule has 0 heterocycles. The molecule has 0 saturated heterocycles. The van der Waals surface area contributed by atoms with Crippen LogP contribution in [-0.4, -0.2) is 17.9 Å². The van der Waals surface area contributed by atoms with Gasteiger partial charge < -0.3 is 15.4 Å². The molecule has 1 unspecified atom stereocenters. The molecule has 0 spiro atoms. The third-order valence-corrected chi connectivity index (χ3v) is 3.57. The topological polar surface area (TPSA) is 67.4 Å². The van der Waals surface area contributed by atoms with E-state index in [1.54, 1.807) is 24.3 Å². The lowest BCUT2D eigenvalue weighted by molar-refractivity contribution is -0.114. The molecule has 2 amide bonds. The number of amides is 2. The second-order valence-corrected chi connectivity index (χ2v) is 6.19. The highest BCUT2D eigenvalue weighted by Crippen LogP contribution is 2.19. The first kappa shape index (κ1) is 18.5. The minimum absolute atomic E-state index is 0.128. The van der Waals surface area contributed by atoms with Gasteiger partial charge in [0.15, 0.2) is 0 Å². The molecule has 1 atom stereocenters. The smallest absolute Gasteiger partial charge is 0.251 e. The average molecular weight is 340 g/mol. The fourth-order valence-electron chi connectivity index (χ4n) is 2.38. The van der Waals surface area contributed by atoms with Crippen molar-refractivity contribution >= 4 is 17.5 Å². The van der Waals surface area contributed by atoms with Crippen molar-refractivity contribution in [2.45, 2.75) is 39.8 Å². The summed E-state index contributed by atoms with van der Waals surface area (Å²) in [5, 5.41) is 5.64. The van der Waals surface area contributed by atoms with Crippen LogP contribution in [0.4, 0.5) is 5.69 Å². The van der Waals surface area contributed by atoms with E-state index in [9.17, 15) is 9.59 Å². The lowest BCUT2D eigenvalue weighted by Crippen LogP contribution is -2.26. The number of hydrogen-bond donors (Lipinski definition) is 2. The number of benzene rings is 2. The van der Waals surface area contributed by atoms with Crippen LogP contribution in [0.3, 0.4) is 0 Å². The Morgan fingerprint density at radius 3 is 2.04 bits per heavy atom. The van der Waals surface area contributed by atoms with Gasteiger partial charge in [0.2, 0.25) is 5.91 Å². The number of hydrogen-bond acceptors (Lipinski definition) is 3. The number of anilines is 1. The van der Waals surface area contributed by atoms with Crippen molar-refractivity contribution in [2.24, 2.45) is 0 Å². The Hall–Kier alpha value is -2.82. The van der Waals surface area contributed by atoms with Crippen LogP contribution >= 0.6 is 0 Å². The molecule has 5 heteroatoms. The fourth-order valence-corrected chi connectivity index (χ4v) is 2.38. The molecule has 0 radical (unpaired) electrons. The zero-order chi connectivity index (χ0) is 18.4. The zero-order valence-corrected chi connectivity index (χ0v) is 15.0.